The summed E-state index contributed by atoms with van der Waals surface area (Å²) in [7, 11) is 0. The van der Waals surface area contributed by atoms with Crippen molar-refractivity contribution < 1.29 is 0 Å². The minimum absolute atomic E-state index is 0.816. The van der Waals surface area contributed by atoms with Crippen LogP contribution < -0.4 is 4.90 Å². The SMILES string of the molecule is CCCN(CCC)c1ccc(Cl)cc1I. The third kappa shape index (κ3) is 3.83. The highest BCUT2D eigenvalue weighted by Gasteiger charge is 2.08. The second-order valence-electron chi connectivity index (χ2n) is 3.58. The highest BCUT2D eigenvalue weighted by Crippen LogP contribution is 2.26. The van der Waals surface area contributed by atoms with Gasteiger partial charge in [-0.1, -0.05) is 25.4 Å². The molecule has 0 saturated heterocycles. The molecule has 0 radical (unpaired) electrons. The van der Waals surface area contributed by atoms with Gasteiger partial charge >= 0.3 is 0 Å². The van der Waals surface area contributed by atoms with E-state index in [9.17, 15) is 0 Å². The lowest BCUT2D eigenvalue weighted by Gasteiger charge is -2.25. The van der Waals surface area contributed by atoms with Crippen LogP contribution in [0.25, 0.3) is 0 Å². The molecule has 0 heterocycles. The molecule has 0 saturated carbocycles. The minimum Gasteiger partial charge on any atom is -0.371 e. The first kappa shape index (κ1) is 13.1. The van der Waals surface area contributed by atoms with Crippen LogP contribution >= 0.6 is 34.2 Å². The van der Waals surface area contributed by atoms with Gasteiger partial charge in [0.1, 0.15) is 0 Å². The second kappa shape index (κ2) is 6.59. The van der Waals surface area contributed by atoms with E-state index >= 15 is 0 Å². The van der Waals surface area contributed by atoms with E-state index in [4.69, 9.17) is 11.6 Å². The maximum absolute atomic E-state index is 5.95. The number of hydrogen-bond donors (Lipinski definition) is 0. The van der Waals surface area contributed by atoms with Crippen LogP contribution in [-0.2, 0) is 0 Å². The topological polar surface area (TPSA) is 3.24 Å². The van der Waals surface area contributed by atoms with Gasteiger partial charge in [0.25, 0.3) is 0 Å². The van der Waals surface area contributed by atoms with Gasteiger partial charge in [-0.2, -0.15) is 0 Å². The second-order valence-corrected chi connectivity index (χ2v) is 5.18. The van der Waals surface area contributed by atoms with Gasteiger partial charge in [-0.05, 0) is 53.6 Å². The van der Waals surface area contributed by atoms with Crippen LogP contribution in [0.15, 0.2) is 18.2 Å². The number of benzene rings is 1. The Labute approximate surface area is 111 Å². The Morgan fingerprint density at radius 1 is 1.20 bits per heavy atom. The predicted octanol–water partition coefficient (Wildman–Crippen LogP) is 4.57. The summed E-state index contributed by atoms with van der Waals surface area (Å²) in [5.41, 5.74) is 1.31. The lowest BCUT2D eigenvalue weighted by molar-refractivity contribution is 0.743. The number of rotatable bonds is 5. The van der Waals surface area contributed by atoms with Gasteiger partial charge in [0.2, 0.25) is 0 Å². The minimum atomic E-state index is 0.816. The molecule has 84 valence electrons. The molecule has 0 aliphatic rings. The lowest BCUT2D eigenvalue weighted by atomic mass is 10.2. The third-order valence-corrected chi connectivity index (χ3v) is 3.34. The Morgan fingerprint density at radius 2 is 1.80 bits per heavy atom. The summed E-state index contributed by atoms with van der Waals surface area (Å²) >= 11 is 8.31. The summed E-state index contributed by atoms with van der Waals surface area (Å²) in [6, 6.07) is 6.11. The molecule has 0 unspecified atom stereocenters. The van der Waals surface area contributed by atoms with Crippen molar-refractivity contribution in [1.82, 2.24) is 0 Å². The summed E-state index contributed by atoms with van der Waals surface area (Å²) in [5, 5.41) is 0.816. The van der Waals surface area contributed by atoms with Gasteiger partial charge in [0.05, 0.1) is 5.69 Å². The Kier molecular flexibility index (Phi) is 5.75. The molecule has 0 N–H and O–H groups in total. The largest absolute Gasteiger partial charge is 0.371 e. The molecule has 15 heavy (non-hydrogen) atoms. The smallest absolute Gasteiger partial charge is 0.0502 e. The fourth-order valence-corrected chi connectivity index (χ4v) is 2.84. The molecule has 0 bridgehead atoms. The average molecular weight is 338 g/mol. The molecule has 1 aromatic rings. The van der Waals surface area contributed by atoms with Crippen molar-refractivity contribution in [3.8, 4) is 0 Å². The van der Waals surface area contributed by atoms with E-state index in [1.165, 1.54) is 22.1 Å². The Bertz CT molecular complexity index is 308. The zero-order valence-electron chi connectivity index (χ0n) is 9.26. The molecule has 0 aromatic heterocycles. The summed E-state index contributed by atoms with van der Waals surface area (Å²) < 4.78 is 1.24. The van der Waals surface area contributed by atoms with Crippen molar-refractivity contribution in [1.29, 1.82) is 0 Å². The first-order chi connectivity index (χ1) is 7.19. The number of halogens is 2. The monoisotopic (exact) mass is 337 g/mol. The van der Waals surface area contributed by atoms with Crippen LogP contribution in [-0.4, -0.2) is 13.1 Å². The molecule has 1 nitrogen and oxygen atoms in total. The van der Waals surface area contributed by atoms with Crippen LogP contribution in [0.2, 0.25) is 5.02 Å². The molecule has 0 aliphatic heterocycles. The van der Waals surface area contributed by atoms with E-state index in [0.717, 1.165) is 18.1 Å². The molecule has 0 fully saturated rings. The summed E-state index contributed by atoms with van der Waals surface area (Å²) in [4.78, 5) is 2.43. The van der Waals surface area contributed by atoms with Crippen LogP contribution in [0, 0.1) is 3.57 Å². The van der Waals surface area contributed by atoms with Crippen LogP contribution in [0.5, 0.6) is 0 Å². The van der Waals surface area contributed by atoms with E-state index in [1.807, 2.05) is 12.1 Å². The predicted molar refractivity (Wildman–Crippen MR) is 77.0 cm³/mol. The quantitative estimate of drug-likeness (QED) is 0.711. The number of nitrogens with zero attached hydrogens (tertiary/aromatic N) is 1. The summed E-state index contributed by atoms with van der Waals surface area (Å²) in [6.45, 7) is 6.66. The average Bonchev–Trinajstić information content (AvgIpc) is 2.17. The molecule has 0 aliphatic carbocycles. The van der Waals surface area contributed by atoms with Gasteiger partial charge in [-0.3, -0.25) is 0 Å². The number of hydrogen-bond acceptors (Lipinski definition) is 1. The Hall–Kier alpha value is 0.0400. The zero-order valence-corrected chi connectivity index (χ0v) is 12.2. The summed E-state index contributed by atoms with van der Waals surface area (Å²) in [5.74, 6) is 0. The molecule has 0 amide bonds. The van der Waals surface area contributed by atoms with Gasteiger partial charge in [-0.25, -0.2) is 0 Å². The van der Waals surface area contributed by atoms with Crippen molar-refractivity contribution >= 4 is 39.9 Å². The normalized spacial score (nSPS) is 10.4. The first-order valence-electron chi connectivity index (χ1n) is 5.39. The highest BCUT2D eigenvalue weighted by atomic mass is 127. The van der Waals surface area contributed by atoms with Gasteiger partial charge in [-0.15, -0.1) is 0 Å². The van der Waals surface area contributed by atoms with Crippen molar-refractivity contribution in [2.45, 2.75) is 26.7 Å². The molecule has 1 rings (SSSR count). The first-order valence-corrected chi connectivity index (χ1v) is 6.84. The lowest BCUT2D eigenvalue weighted by Crippen LogP contribution is -2.25. The van der Waals surface area contributed by atoms with Gasteiger partial charge in [0, 0.05) is 21.7 Å². The van der Waals surface area contributed by atoms with Gasteiger partial charge in [0.15, 0.2) is 0 Å². The van der Waals surface area contributed by atoms with E-state index < -0.39 is 0 Å². The van der Waals surface area contributed by atoms with Crippen LogP contribution in [0.1, 0.15) is 26.7 Å². The fraction of sp³-hybridized carbons (Fsp3) is 0.500. The Balaban J connectivity index is 2.89. The summed E-state index contributed by atoms with van der Waals surface area (Å²) in [6.07, 6.45) is 2.36. The van der Waals surface area contributed by atoms with E-state index in [2.05, 4.69) is 47.4 Å². The third-order valence-electron chi connectivity index (χ3n) is 2.24. The molecule has 3 heteroatoms. The van der Waals surface area contributed by atoms with E-state index in [-0.39, 0.29) is 0 Å². The Morgan fingerprint density at radius 3 is 2.27 bits per heavy atom. The molecule has 1 aromatic carbocycles. The molecule has 0 spiro atoms. The fourth-order valence-electron chi connectivity index (χ4n) is 1.63. The molecular formula is C12H17ClIN. The van der Waals surface area contributed by atoms with E-state index in [0.29, 0.717) is 0 Å². The highest BCUT2D eigenvalue weighted by molar-refractivity contribution is 14.1. The van der Waals surface area contributed by atoms with Crippen molar-refractivity contribution in [2.75, 3.05) is 18.0 Å². The molecular weight excluding hydrogens is 320 g/mol. The van der Waals surface area contributed by atoms with Crippen molar-refractivity contribution in [3.63, 3.8) is 0 Å². The standard InChI is InChI=1S/C12H17ClIN/c1-3-7-15(8-4-2)12-6-5-10(13)9-11(12)14/h5-6,9H,3-4,7-8H2,1-2H3. The van der Waals surface area contributed by atoms with E-state index in [1.54, 1.807) is 0 Å². The number of anilines is 1. The maximum Gasteiger partial charge on any atom is 0.0502 e. The maximum atomic E-state index is 5.95. The van der Waals surface area contributed by atoms with Crippen molar-refractivity contribution in [2.24, 2.45) is 0 Å². The van der Waals surface area contributed by atoms with Crippen LogP contribution in [0.4, 0.5) is 5.69 Å². The van der Waals surface area contributed by atoms with Gasteiger partial charge < -0.3 is 4.90 Å². The van der Waals surface area contributed by atoms with Crippen LogP contribution in [0.3, 0.4) is 0 Å². The zero-order chi connectivity index (χ0) is 11.3. The van der Waals surface area contributed by atoms with Crippen molar-refractivity contribution in [3.05, 3.63) is 26.8 Å². The molecule has 0 atom stereocenters.